The van der Waals surface area contributed by atoms with E-state index in [0.717, 1.165) is 6.41 Å². The second-order valence-electron chi connectivity index (χ2n) is 6.81. The molecule has 0 aliphatic carbocycles. The van der Waals surface area contributed by atoms with Crippen molar-refractivity contribution >= 4 is 14.9 Å². The summed E-state index contributed by atoms with van der Waals surface area (Å²) in [5, 5.41) is 0. The first kappa shape index (κ1) is 21.8. The smallest absolute Gasteiger partial charge is 0.209 e. The molecule has 5 nitrogen and oxygen atoms in total. The van der Waals surface area contributed by atoms with Crippen molar-refractivity contribution in [3.8, 4) is 0 Å². The fourth-order valence-corrected chi connectivity index (χ4v) is 4.89. The average molecular weight is 333 g/mol. The Morgan fingerprint density at radius 1 is 0.864 bits per heavy atom. The summed E-state index contributed by atoms with van der Waals surface area (Å²) in [5.74, 6) is 0. The first-order chi connectivity index (χ1) is 10.1. The number of amides is 1. The van der Waals surface area contributed by atoms with E-state index in [9.17, 15) is 4.79 Å². The van der Waals surface area contributed by atoms with Crippen LogP contribution in [-0.4, -0.2) is 65.0 Å². The molecule has 0 N–H and O–H groups in total. The van der Waals surface area contributed by atoms with Gasteiger partial charge in [0.2, 0.25) is 6.41 Å². The predicted molar refractivity (Wildman–Crippen MR) is 95.8 cm³/mol. The lowest BCUT2D eigenvalue weighted by Gasteiger charge is -2.45. The number of rotatable bonds is 11. The molecule has 0 aliphatic rings. The highest BCUT2D eigenvalue weighted by Gasteiger charge is 2.34. The van der Waals surface area contributed by atoms with Crippen molar-refractivity contribution in [1.29, 1.82) is 0 Å². The second kappa shape index (κ2) is 10.5. The van der Waals surface area contributed by atoms with Crippen LogP contribution in [0.25, 0.3) is 0 Å². The van der Waals surface area contributed by atoms with Crippen LogP contribution < -0.4 is 0 Å². The van der Waals surface area contributed by atoms with E-state index in [1.807, 2.05) is 0 Å². The number of nitrogens with zero attached hydrogens (tertiary/aromatic N) is 3. The molecule has 0 aromatic heterocycles. The van der Waals surface area contributed by atoms with Gasteiger partial charge in [0.1, 0.15) is 0 Å². The number of hydrogen-bond acceptors (Lipinski definition) is 4. The zero-order valence-corrected chi connectivity index (χ0v) is 16.8. The highest BCUT2D eigenvalue weighted by molar-refractivity contribution is 7.47. The van der Waals surface area contributed by atoms with Gasteiger partial charge in [0.05, 0.1) is 6.61 Å². The number of carbonyl (C=O) groups is 1. The average Bonchev–Trinajstić information content (AvgIpc) is 2.36. The lowest BCUT2D eigenvalue weighted by Crippen LogP contribution is -2.43. The molecule has 132 valence electrons. The van der Waals surface area contributed by atoms with E-state index in [4.69, 9.17) is 4.52 Å². The van der Waals surface area contributed by atoms with Crippen molar-refractivity contribution in [2.45, 2.75) is 79.6 Å². The van der Waals surface area contributed by atoms with Gasteiger partial charge in [-0.1, -0.05) is 0 Å². The van der Waals surface area contributed by atoms with Crippen LogP contribution in [0, 0.1) is 0 Å². The standard InChI is InChI=1S/C16H36N3O2P/c1-13(2)18(14(3)4)22(19(15(5)6)16(7)8)21-11-10-17(9)12-20/h12-16H,10-11H2,1-9H3. The first-order valence-electron chi connectivity index (χ1n) is 8.28. The molecule has 0 unspecified atom stereocenters. The number of likely N-dealkylation sites (N-methyl/N-ethyl adjacent to an activating group) is 1. The predicted octanol–water partition coefficient (Wildman–Crippen LogP) is 3.56. The van der Waals surface area contributed by atoms with E-state index in [0.29, 0.717) is 37.3 Å². The van der Waals surface area contributed by atoms with E-state index in [1.54, 1.807) is 11.9 Å². The van der Waals surface area contributed by atoms with Crippen LogP contribution in [0.2, 0.25) is 0 Å². The lowest BCUT2D eigenvalue weighted by molar-refractivity contribution is -0.117. The van der Waals surface area contributed by atoms with Crippen molar-refractivity contribution in [2.24, 2.45) is 0 Å². The summed E-state index contributed by atoms with van der Waals surface area (Å²) < 4.78 is 11.2. The maximum Gasteiger partial charge on any atom is 0.209 e. The van der Waals surface area contributed by atoms with Crippen LogP contribution in [0.5, 0.6) is 0 Å². The summed E-state index contributed by atoms with van der Waals surface area (Å²) in [5.41, 5.74) is 0. The van der Waals surface area contributed by atoms with Gasteiger partial charge in [0.25, 0.3) is 0 Å². The van der Waals surface area contributed by atoms with Crippen LogP contribution in [0.15, 0.2) is 0 Å². The van der Waals surface area contributed by atoms with Crippen molar-refractivity contribution < 1.29 is 9.32 Å². The van der Waals surface area contributed by atoms with Gasteiger partial charge in [-0.05, 0) is 55.4 Å². The minimum Gasteiger partial charge on any atom is -0.346 e. The fraction of sp³-hybridized carbons (Fsp3) is 0.938. The molecule has 0 heterocycles. The summed E-state index contributed by atoms with van der Waals surface area (Å²) in [6, 6.07) is 1.65. The summed E-state index contributed by atoms with van der Waals surface area (Å²) in [6.45, 7) is 18.9. The van der Waals surface area contributed by atoms with Gasteiger partial charge in [-0.25, -0.2) is 9.34 Å². The lowest BCUT2D eigenvalue weighted by atomic mass is 10.3. The molecule has 6 heteroatoms. The van der Waals surface area contributed by atoms with E-state index >= 15 is 0 Å². The molecule has 0 fully saturated rings. The van der Waals surface area contributed by atoms with Gasteiger partial charge in [0.15, 0.2) is 8.45 Å². The second-order valence-corrected chi connectivity index (χ2v) is 8.49. The van der Waals surface area contributed by atoms with Crippen LogP contribution in [0.1, 0.15) is 55.4 Å². The maximum atomic E-state index is 10.7. The fourth-order valence-electron chi connectivity index (χ4n) is 2.55. The molecule has 0 aliphatic heterocycles. The Hall–Kier alpha value is -0.220. The third-order valence-corrected chi connectivity index (χ3v) is 6.39. The third-order valence-electron chi connectivity index (χ3n) is 3.34. The summed E-state index contributed by atoms with van der Waals surface area (Å²) in [7, 11) is 0.925. The molecule has 22 heavy (non-hydrogen) atoms. The molecule has 1 amide bonds. The molecule has 0 rings (SSSR count). The zero-order chi connectivity index (χ0) is 17.4. The highest BCUT2D eigenvalue weighted by atomic mass is 31.2. The van der Waals surface area contributed by atoms with E-state index in [-0.39, 0.29) is 0 Å². The van der Waals surface area contributed by atoms with Gasteiger partial charge in [-0.15, -0.1) is 0 Å². The van der Waals surface area contributed by atoms with Gasteiger partial charge in [0, 0.05) is 37.8 Å². The SMILES string of the molecule is CC(C)N(C(C)C)P(OCCN(C)C=O)N(C(C)C)C(C)C. The van der Waals surface area contributed by atoms with Crippen LogP contribution in [0.4, 0.5) is 0 Å². The van der Waals surface area contributed by atoms with Crippen LogP contribution in [0.3, 0.4) is 0 Å². The number of hydrogen-bond donors (Lipinski definition) is 0. The normalized spacial score (nSPS) is 12.7. The van der Waals surface area contributed by atoms with Gasteiger partial charge in [-0.2, -0.15) is 0 Å². The van der Waals surface area contributed by atoms with Gasteiger partial charge in [-0.3, -0.25) is 4.79 Å². The van der Waals surface area contributed by atoms with Crippen molar-refractivity contribution in [3.63, 3.8) is 0 Å². The van der Waals surface area contributed by atoms with Crippen molar-refractivity contribution in [2.75, 3.05) is 20.2 Å². The topological polar surface area (TPSA) is 36.0 Å². The Morgan fingerprint density at radius 3 is 1.50 bits per heavy atom. The molecular weight excluding hydrogens is 297 g/mol. The molecule has 0 saturated heterocycles. The van der Waals surface area contributed by atoms with Crippen molar-refractivity contribution in [3.05, 3.63) is 0 Å². The molecule has 0 aromatic rings. The first-order valence-corrected chi connectivity index (χ1v) is 9.45. The van der Waals surface area contributed by atoms with Crippen LogP contribution in [-0.2, 0) is 9.32 Å². The van der Waals surface area contributed by atoms with Gasteiger partial charge >= 0.3 is 0 Å². The van der Waals surface area contributed by atoms with E-state index in [1.165, 1.54) is 0 Å². The molecule has 0 aromatic carbocycles. The van der Waals surface area contributed by atoms with Gasteiger partial charge < -0.3 is 9.42 Å². The minimum absolute atomic E-state index is 0.412. The quantitative estimate of drug-likeness (QED) is 0.428. The summed E-state index contributed by atoms with van der Waals surface area (Å²) >= 11 is 0. The Kier molecular flexibility index (Phi) is 10.4. The zero-order valence-electron chi connectivity index (χ0n) is 15.9. The maximum absolute atomic E-state index is 10.7. The molecule has 0 spiro atoms. The Labute approximate surface area is 138 Å². The third kappa shape index (κ3) is 6.91. The number of carbonyl (C=O) groups excluding carboxylic acids is 1. The van der Waals surface area contributed by atoms with Crippen molar-refractivity contribution in [1.82, 2.24) is 14.2 Å². The highest BCUT2D eigenvalue weighted by Crippen LogP contribution is 2.50. The largest absolute Gasteiger partial charge is 0.346 e. The Bertz CT molecular complexity index is 276. The minimum atomic E-state index is -0.857. The Morgan fingerprint density at radius 2 is 1.23 bits per heavy atom. The molecule has 0 radical (unpaired) electrons. The van der Waals surface area contributed by atoms with E-state index < -0.39 is 8.45 Å². The molecule has 0 bridgehead atoms. The Balaban J connectivity index is 5.22. The summed E-state index contributed by atoms with van der Waals surface area (Å²) in [6.07, 6.45) is 0.844. The van der Waals surface area contributed by atoms with Crippen LogP contribution >= 0.6 is 8.45 Å². The monoisotopic (exact) mass is 333 g/mol. The molecule has 0 saturated carbocycles. The van der Waals surface area contributed by atoms with E-state index in [2.05, 4.69) is 64.7 Å². The molecule has 0 atom stereocenters. The molecular formula is C16H36N3O2P. The summed E-state index contributed by atoms with van der Waals surface area (Å²) in [4.78, 5) is 12.4.